The van der Waals surface area contributed by atoms with Gasteiger partial charge >= 0.3 is 6.18 Å². The number of aryl methyl sites for hydroxylation is 1. The van der Waals surface area contributed by atoms with Crippen molar-refractivity contribution in [3.8, 4) is 23.1 Å². The quantitative estimate of drug-likeness (QED) is 0.375. The molecule has 4 aromatic rings. The van der Waals surface area contributed by atoms with Crippen molar-refractivity contribution in [2.24, 2.45) is 0 Å². The Morgan fingerprint density at radius 1 is 1.09 bits per heavy atom. The van der Waals surface area contributed by atoms with Gasteiger partial charge in [-0.15, -0.1) is 5.10 Å². The summed E-state index contributed by atoms with van der Waals surface area (Å²) >= 11 is 0. The van der Waals surface area contributed by atoms with Gasteiger partial charge in [0.2, 0.25) is 5.88 Å². The molecule has 0 unspecified atom stereocenters. The lowest BCUT2D eigenvalue weighted by Gasteiger charge is -2.30. The molecule has 12 heteroatoms. The molecular weight excluding hydrogens is 471 g/mol. The van der Waals surface area contributed by atoms with E-state index in [-0.39, 0.29) is 28.8 Å². The maximum Gasteiger partial charge on any atom is 0.416 e. The summed E-state index contributed by atoms with van der Waals surface area (Å²) in [4.78, 5) is 12.9. The van der Waals surface area contributed by atoms with E-state index < -0.39 is 36.5 Å². The third kappa shape index (κ3) is 4.24. The second-order valence-corrected chi connectivity index (χ2v) is 8.30. The number of imidazole rings is 1. The summed E-state index contributed by atoms with van der Waals surface area (Å²) in [5.41, 5.74) is 0.361. The lowest BCUT2D eigenvalue weighted by molar-refractivity contribution is -0.138. The number of aromatic nitrogens is 6. The van der Waals surface area contributed by atoms with Crippen LogP contribution in [0.2, 0.25) is 0 Å². The Morgan fingerprint density at radius 3 is 2.54 bits per heavy atom. The number of methoxy groups -OCH3 is 1. The largest absolute Gasteiger partial charge is 0.479 e. The number of pyridine rings is 1. The molecule has 1 aliphatic rings. The first kappa shape index (κ1) is 22.9. The minimum absolute atomic E-state index is 0.0128. The van der Waals surface area contributed by atoms with Crippen molar-refractivity contribution in [3.63, 3.8) is 0 Å². The molecule has 0 amide bonds. The molecule has 1 aliphatic heterocycles. The molecule has 0 bridgehead atoms. The number of nitrogens with zero attached hydrogens (tertiary/aromatic N) is 6. The predicted octanol–water partition coefficient (Wildman–Crippen LogP) is 5.03. The van der Waals surface area contributed by atoms with Gasteiger partial charge in [-0.1, -0.05) is 18.2 Å². The molecule has 5 rings (SSSR count). The molecule has 0 N–H and O–H groups in total. The number of ether oxygens (including phenoxy) is 1. The van der Waals surface area contributed by atoms with Gasteiger partial charge in [0.05, 0.1) is 30.6 Å². The van der Waals surface area contributed by atoms with E-state index >= 15 is 0 Å². The number of alkyl halides is 5. The van der Waals surface area contributed by atoms with Crippen LogP contribution >= 0.6 is 0 Å². The van der Waals surface area contributed by atoms with Crippen LogP contribution in [0.5, 0.6) is 5.88 Å². The molecule has 4 heterocycles. The summed E-state index contributed by atoms with van der Waals surface area (Å²) in [6, 6.07) is 7.98. The van der Waals surface area contributed by atoms with E-state index in [2.05, 4.69) is 20.1 Å². The number of benzene rings is 1. The second-order valence-electron chi connectivity index (χ2n) is 8.30. The van der Waals surface area contributed by atoms with E-state index in [9.17, 15) is 22.0 Å². The topological polar surface area (TPSA) is 70.7 Å². The molecule has 182 valence electrons. The van der Waals surface area contributed by atoms with Gasteiger partial charge in [0.25, 0.3) is 5.92 Å². The fourth-order valence-electron chi connectivity index (χ4n) is 4.28. The smallest absolute Gasteiger partial charge is 0.416 e. The Balaban J connectivity index is 1.59. The Labute approximate surface area is 196 Å². The summed E-state index contributed by atoms with van der Waals surface area (Å²) in [5, 5.41) is 4.17. The zero-order chi connectivity index (χ0) is 25.0. The van der Waals surface area contributed by atoms with E-state index in [4.69, 9.17) is 4.74 Å². The van der Waals surface area contributed by atoms with Crippen molar-refractivity contribution in [2.75, 3.05) is 7.11 Å². The summed E-state index contributed by atoms with van der Waals surface area (Å²) in [7, 11) is 1.43. The SMILES string of the molecule is COc1nc(-c2nc3n(n2)CC(F)(F)C[C@@H]3c2ccccc2C(F)(F)F)ccc1-n1cnc(C)c1. The second kappa shape index (κ2) is 8.14. The van der Waals surface area contributed by atoms with Crippen molar-refractivity contribution < 1.29 is 26.7 Å². The molecule has 0 radical (unpaired) electrons. The van der Waals surface area contributed by atoms with Crippen LogP contribution < -0.4 is 4.74 Å². The molecule has 3 aromatic heterocycles. The number of hydrogen-bond acceptors (Lipinski definition) is 5. The fraction of sp³-hybridized carbons (Fsp3) is 0.304. The van der Waals surface area contributed by atoms with Crippen molar-refractivity contribution in [2.45, 2.75) is 37.9 Å². The Morgan fingerprint density at radius 2 is 1.86 bits per heavy atom. The van der Waals surface area contributed by atoms with Crippen molar-refractivity contribution in [1.82, 2.24) is 29.3 Å². The molecule has 0 aliphatic carbocycles. The summed E-state index contributed by atoms with van der Waals surface area (Å²) in [6.45, 7) is 1.04. The molecule has 0 fully saturated rings. The normalized spacial score (nSPS) is 17.3. The van der Waals surface area contributed by atoms with Gasteiger partial charge in [0.1, 0.15) is 23.8 Å². The Bertz CT molecular complexity index is 1390. The molecule has 0 saturated carbocycles. The fourth-order valence-corrected chi connectivity index (χ4v) is 4.28. The van der Waals surface area contributed by atoms with Gasteiger partial charge < -0.3 is 9.30 Å². The highest BCUT2D eigenvalue weighted by molar-refractivity contribution is 5.56. The average molecular weight is 490 g/mol. The highest BCUT2D eigenvalue weighted by Gasteiger charge is 2.45. The van der Waals surface area contributed by atoms with Crippen molar-refractivity contribution in [1.29, 1.82) is 0 Å². The van der Waals surface area contributed by atoms with E-state index in [0.29, 0.717) is 5.69 Å². The summed E-state index contributed by atoms with van der Waals surface area (Å²) < 4.78 is 78.2. The van der Waals surface area contributed by atoms with Crippen molar-refractivity contribution >= 4 is 0 Å². The van der Waals surface area contributed by atoms with Gasteiger partial charge in [-0.25, -0.2) is 28.4 Å². The van der Waals surface area contributed by atoms with Crippen LogP contribution in [0.15, 0.2) is 48.9 Å². The lowest BCUT2D eigenvalue weighted by Crippen LogP contribution is -2.35. The number of rotatable bonds is 4. The van der Waals surface area contributed by atoms with E-state index in [0.717, 1.165) is 16.4 Å². The van der Waals surface area contributed by atoms with Crippen molar-refractivity contribution in [3.05, 3.63) is 71.6 Å². The number of fused-ring (bicyclic) bond motifs is 1. The first-order valence-corrected chi connectivity index (χ1v) is 10.6. The zero-order valence-electron chi connectivity index (χ0n) is 18.6. The minimum Gasteiger partial charge on any atom is -0.479 e. The number of hydrogen-bond donors (Lipinski definition) is 0. The first-order valence-electron chi connectivity index (χ1n) is 10.6. The van der Waals surface area contributed by atoms with E-state index in [1.807, 2.05) is 6.92 Å². The minimum atomic E-state index is -4.70. The zero-order valence-corrected chi connectivity index (χ0v) is 18.6. The van der Waals surface area contributed by atoms with E-state index in [1.54, 1.807) is 29.2 Å². The molecule has 0 spiro atoms. The third-order valence-corrected chi connectivity index (χ3v) is 5.79. The molecule has 35 heavy (non-hydrogen) atoms. The lowest BCUT2D eigenvalue weighted by atomic mass is 9.86. The third-order valence-electron chi connectivity index (χ3n) is 5.79. The monoisotopic (exact) mass is 490 g/mol. The van der Waals surface area contributed by atoms with Gasteiger partial charge in [0.15, 0.2) is 5.82 Å². The van der Waals surface area contributed by atoms with Gasteiger partial charge in [0, 0.05) is 12.6 Å². The summed E-state index contributed by atoms with van der Waals surface area (Å²) in [5.74, 6) is -4.31. The van der Waals surface area contributed by atoms with Gasteiger partial charge in [-0.3, -0.25) is 0 Å². The molecule has 0 saturated heterocycles. The average Bonchev–Trinajstić information content (AvgIpc) is 3.43. The van der Waals surface area contributed by atoms with Crippen LogP contribution in [0.1, 0.15) is 35.0 Å². The first-order chi connectivity index (χ1) is 16.6. The van der Waals surface area contributed by atoms with E-state index in [1.165, 1.54) is 25.3 Å². The van der Waals surface area contributed by atoms with Crippen LogP contribution in [-0.2, 0) is 12.7 Å². The standard InChI is InChI=1S/C23H19F5N6O/c1-13-10-33(12-29-13)18-8-7-17(30-21(18)35-2)19-31-20-15(9-22(24,25)11-34(20)32-19)14-5-3-4-6-16(14)23(26,27)28/h3-8,10,12,15H,9,11H2,1-2H3/t15-/m1/s1. The molecule has 7 nitrogen and oxygen atoms in total. The summed E-state index contributed by atoms with van der Waals surface area (Å²) in [6.07, 6.45) is -2.15. The predicted molar refractivity (Wildman–Crippen MR) is 115 cm³/mol. The highest BCUT2D eigenvalue weighted by atomic mass is 19.4. The molecule has 1 aromatic carbocycles. The number of halogens is 5. The van der Waals surface area contributed by atoms with Gasteiger partial charge in [-0.05, 0) is 30.7 Å². The van der Waals surface area contributed by atoms with Crippen LogP contribution in [0.25, 0.3) is 17.2 Å². The van der Waals surface area contributed by atoms with Crippen LogP contribution in [0.3, 0.4) is 0 Å². The highest BCUT2D eigenvalue weighted by Crippen LogP contribution is 2.44. The van der Waals surface area contributed by atoms with Crippen LogP contribution in [-0.4, -0.2) is 42.3 Å². The Kier molecular flexibility index (Phi) is 5.33. The Hall–Kier alpha value is -3.83. The molecule has 1 atom stereocenters. The van der Waals surface area contributed by atoms with Crippen LogP contribution in [0.4, 0.5) is 22.0 Å². The van der Waals surface area contributed by atoms with Crippen LogP contribution in [0, 0.1) is 6.92 Å². The maximum absolute atomic E-state index is 14.6. The maximum atomic E-state index is 14.6. The van der Waals surface area contributed by atoms with Gasteiger partial charge in [-0.2, -0.15) is 13.2 Å². The molecular formula is C23H19F5N6O.